The first-order chi connectivity index (χ1) is 11.8. The number of aromatic nitrogens is 4. The first kappa shape index (κ1) is 17.3. The molecule has 0 aliphatic rings. The van der Waals surface area contributed by atoms with Gasteiger partial charge in [0.2, 0.25) is 5.82 Å². The first-order valence-electron chi connectivity index (χ1n) is 7.38. The average Bonchev–Trinajstić information content (AvgIpc) is 3.31. The summed E-state index contributed by atoms with van der Waals surface area (Å²) in [5, 5.41) is 7.56. The zero-order valence-corrected chi connectivity index (χ0v) is 14.1. The molecule has 3 aromatic rings. The summed E-state index contributed by atoms with van der Waals surface area (Å²) in [4.78, 5) is 16.4. The molecule has 3 heterocycles. The molecule has 10 heteroatoms. The number of hydrogen-bond acceptors (Lipinski definition) is 6. The smallest absolute Gasteiger partial charge is 0.329 e. The number of halogens is 3. The minimum atomic E-state index is -4.67. The van der Waals surface area contributed by atoms with Gasteiger partial charge in [-0.2, -0.15) is 23.3 Å². The second-order valence-corrected chi connectivity index (χ2v) is 6.40. The molecule has 132 valence electrons. The third kappa shape index (κ3) is 3.48. The normalized spacial score (nSPS) is 13.2. The second kappa shape index (κ2) is 6.43. The van der Waals surface area contributed by atoms with Crippen LogP contribution in [0.25, 0.3) is 10.7 Å². The first-order valence-corrected chi connectivity index (χ1v) is 8.19. The largest absolute Gasteiger partial charge is 0.471 e. The van der Waals surface area contributed by atoms with Crippen molar-refractivity contribution >= 4 is 17.1 Å². The Labute approximate surface area is 144 Å². The van der Waals surface area contributed by atoms with E-state index in [1.165, 1.54) is 17.5 Å². The molecule has 0 saturated carbocycles. The maximum absolute atomic E-state index is 12.5. The van der Waals surface area contributed by atoms with Gasteiger partial charge in [-0.15, -0.1) is 11.3 Å². The van der Waals surface area contributed by atoms with Crippen molar-refractivity contribution in [2.24, 2.45) is 0 Å². The fourth-order valence-corrected chi connectivity index (χ4v) is 3.14. The van der Waals surface area contributed by atoms with E-state index in [9.17, 15) is 18.0 Å². The highest BCUT2D eigenvalue weighted by molar-refractivity contribution is 7.15. The molecule has 0 saturated heterocycles. The van der Waals surface area contributed by atoms with E-state index < -0.39 is 12.1 Å². The fraction of sp³-hybridized carbons (Fsp3) is 0.333. The van der Waals surface area contributed by atoms with Gasteiger partial charge in [0.1, 0.15) is 0 Å². The molecule has 0 fully saturated rings. The summed E-state index contributed by atoms with van der Waals surface area (Å²) in [6.45, 7) is 3.65. The summed E-state index contributed by atoms with van der Waals surface area (Å²) in [7, 11) is 0. The van der Waals surface area contributed by atoms with Crippen LogP contribution in [0.4, 0.5) is 13.2 Å². The van der Waals surface area contributed by atoms with Crippen molar-refractivity contribution in [3.8, 4) is 10.7 Å². The monoisotopic (exact) mass is 370 g/mol. The lowest BCUT2D eigenvalue weighted by Crippen LogP contribution is -2.05. The summed E-state index contributed by atoms with van der Waals surface area (Å²) in [5.74, 6) is -1.49. The Morgan fingerprint density at radius 2 is 2.16 bits per heavy atom. The predicted molar refractivity (Wildman–Crippen MR) is 83.3 cm³/mol. The van der Waals surface area contributed by atoms with Crippen molar-refractivity contribution in [1.82, 2.24) is 19.9 Å². The van der Waals surface area contributed by atoms with E-state index in [1.807, 2.05) is 6.92 Å². The molecular formula is C15H13F3N4O2S. The van der Waals surface area contributed by atoms with Crippen molar-refractivity contribution < 1.29 is 22.5 Å². The number of carbonyl (C=O) groups excluding carboxylic acids is 1. The van der Waals surface area contributed by atoms with Crippen LogP contribution in [0.3, 0.4) is 0 Å². The lowest BCUT2D eigenvalue weighted by molar-refractivity contribution is -0.159. The van der Waals surface area contributed by atoms with Crippen molar-refractivity contribution in [3.63, 3.8) is 0 Å². The van der Waals surface area contributed by atoms with Gasteiger partial charge in [0, 0.05) is 17.5 Å². The van der Waals surface area contributed by atoms with Crippen LogP contribution in [0, 0.1) is 0 Å². The van der Waals surface area contributed by atoms with Crippen LogP contribution < -0.4 is 0 Å². The SMILES string of the molecule is CCC(=O)c1cnn(C(C)c2ccc(-c3noc(C(F)(F)F)n3)s2)c1. The highest BCUT2D eigenvalue weighted by atomic mass is 32.1. The van der Waals surface area contributed by atoms with Crippen molar-refractivity contribution in [1.29, 1.82) is 0 Å². The minimum Gasteiger partial charge on any atom is -0.329 e. The third-order valence-corrected chi connectivity index (χ3v) is 4.82. The molecule has 3 aromatic heterocycles. The summed E-state index contributed by atoms with van der Waals surface area (Å²) < 4.78 is 43.5. The standard InChI is InChI=1S/C15H13F3N4O2S/c1-3-10(23)9-6-19-22(7-9)8(2)11-4-5-12(25-11)13-20-14(24-21-13)15(16,17)18/h4-8H,3H2,1-2H3. The topological polar surface area (TPSA) is 73.8 Å². The van der Waals surface area contributed by atoms with Crippen molar-refractivity contribution in [3.05, 3.63) is 40.9 Å². The molecule has 0 spiro atoms. The van der Waals surface area contributed by atoms with E-state index in [0.29, 0.717) is 16.9 Å². The summed E-state index contributed by atoms with van der Waals surface area (Å²) in [6, 6.07) is 3.20. The van der Waals surface area contributed by atoms with Crippen molar-refractivity contribution in [2.45, 2.75) is 32.5 Å². The molecule has 1 unspecified atom stereocenters. The number of Topliss-reactive ketones (excluding diaryl/α,β-unsaturated/α-hetero) is 1. The van der Waals surface area contributed by atoms with Crippen LogP contribution in [0.1, 0.15) is 47.4 Å². The van der Waals surface area contributed by atoms with Gasteiger partial charge in [-0.1, -0.05) is 12.1 Å². The van der Waals surface area contributed by atoms with Crippen LogP contribution in [0.2, 0.25) is 0 Å². The zero-order chi connectivity index (χ0) is 18.2. The van der Waals surface area contributed by atoms with Gasteiger partial charge in [0.15, 0.2) is 5.78 Å². The Morgan fingerprint density at radius 3 is 2.80 bits per heavy atom. The molecular weight excluding hydrogens is 357 g/mol. The maximum atomic E-state index is 12.5. The summed E-state index contributed by atoms with van der Waals surface area (Å²) in [5.41, 5.74) is 0.527. The number of ketones is 1. The minimum absolute atomic E-state index is 0.00297. The molecule has 0 N–H and O–H groups in total. The number of nitrogens with zero attached hydrogens (tertiary/aromatic N) is 4. The molecule has 25 heavy (non-hydrogen) atoms. The Morgan fingerprint density at radius 1 is 1.40 bits per heavy atom. The average molecular weight is 370 g/mol. The molecule has 0 bridgehead atoms. The van der Waals surface area contributed by atoms with Gasteiger partial charge in [-0.25, -0.2) is 0 Å². The van der Waals surface area contributed by atoms with Gasteiger partial charge < -0.3 is 4.52 Å². The van der Waals surface area contributed by atoms with E-state index in [1.54, 1.807) is 29.9 Å². The van der Waals surface area contributed by atoms with Gasteiger partial charge >= 0.3 is 12.1 Å². The van der Waals surface area contributed by atoms with E-state index in [4.69, 9.17) is 0 Å². The highest BCUT2D eigenvalue weighted by Crippen LogP contribution is 2.34. The molecule has 0 aliphatic heterocycles. The molecule has 0 aromatic carbocycles. The predicted octanol–water partition coefficient (Wildman–Crippen LogP) is 4.22. The van der Waals surface area contributed by atoms with Crippen LogP contribution in [-0.2, 0) is 6.18 Å². The van der Waals surface area contributed by atoms with Crippen molar-refractivity contribution in [2.75, 3.05) is 0 Å². The third-order valence-electron chi connectivity index (χ3n) is 3.57. The second-order valence-electron chi connectivity index (χ2n) is 5.28. The quantitative estimate of drug-likeness (QED) is 0.629. The summed E-state index contributed by atoms with van der Waals surface area (Å²) >= 11 is 1.24. The van der Waals surface area contributed by atoms with Crippen LogP contribution >= 0.6 is 11.3 Å². The molecule has 6 nitrogen and oxygen atoms in total. The van der Waals surface area contributed by atoms with E-state index >= 15 is 0 Å². The summed E-state index contributed by atoms with van der Waals surface area (Å²) in [6.07, 6.45) is -1.11. The van der Waals surface area contributed by atoms with Gasteiger partial charge in [-0.05, 0) is 19.1 Å². The van der Waals surface area contributed by atoms with Crippen LogP contribution in [-0.4, -0.2) is 25.7 Å². The number of alkyl halides is 3. The lowest BCUT2D eigenvalue weighted by Gasteiger charge is -2.09. The number of hydrogen-bond donors (Lipinski definition) is 0. The molecule has 3 rings (SSSR count). The molecule has 0 aliphatic carbocycles. The Bertz CT molecular complexity index is 897. The Hall–Kier alpha value is -2.49. The Balaban J connectivity index is 1.82. The number of thiophene rings is 1. The van der Waals surface area contributed by atoms with Gasteiger partial charge in [0.25, 0.3) is 0 Å². The fourth-order valence-electron chi connectivity index (χ4n) is 2.16. The van der Waals surface area contributed by atoms with Gasteiger partial charge in [0.05, 0.1) is 22.7 Å². The molecule has 1 atom stereocenters. The zero-order valence-electron chi connectivity index (χ0n) is 13.2. The number of carbonyl (C=O) groups is 1. The van der Waals surface area contributed by atoms with Crippen LogP contribution in [0.15, 0.2) is 29.0 Å². The number of rotatable bonds is 5. The molecule has 0 amide bonds. The van der Waals surface area contributed by atoms with E-state index in [0.717, 1.165) is 4.88 Å². The van der Waals surface area contributed by atoms with E-state index in [2.05, 4.69) is 19.8 Å². The van der Waals surface area contributed by atoms with Gasteiger partial charge in [-0.3, -0.25) is 9.48 Å². The molecule has 0 radical (unpaired) electrons. The Kier molecular flexibility index (Phi) is 4.46. The maximum Gasteiger partial charge on any atom is 0.471 e. The lowest BCUT2D eigenvalue weighted by atomic mass is 10.2. The van der Waals surface area contributed by atoms with E-state index in [-0.39, 0.29) is 17.6 Å². The van der Waals surface area contributed by atoms with Crippen LogP contribution in [0.5, 0.6) is 0 Å². The highest BCUT2D eigenvalue weighted by Gasteiger charge is 2.38.